The first-order valence-electron chi connectivity index (χ1n) is 5.70. The van der Waals surface area contributed by atoms with Crippen LogP contribution in [-0.2, 0) is 4.74 Å². The molecular weight excluding hydrogens is 186 g/mol. The van der Waals surface area contributed by atoms with Crippen LogP contribution in [0.25, 0.3) is 0 Å². The highest BCUT2D eigenvalue weighted by molar-refractivity contribution is 5.30. The van der Waals surface area contributed by atoms with E-state index in [1.165, 1.54) is 5.57 Å². The van der Waals surface area contributed by atoms with Gasteiger partial charge in [-0.1, -0.05) is 32.1 Å². The highest BCUT2D eigenvalue weighted by Gasteiger charge is 2.06. The molecule has 0 saturated carbocycles. The molecule has 0 amide bonds. The van der Waals surface area contributed by atoms with Crippen LogP contribution in [-0.4, -0.2) is 19.7 Å². The van der Waals surface area contributed by atoms with Crippen LogP contribution in [0, 0.1) is 0 Å². The van der Waals surface area contributed by atoms with Crippen molar-refractivity contribution in [1.82, 2.24) is 5.32 Å². The minimum atomic E-state index is 0.751. The van der Waals surface area contributed by atoms with Gasteiger partial charge in [0.05, 0.1) is 0 Å². The topological polar surface area (TPSA) is 21.3 Å². The Kier molecular flexibility index (Phi) is 8.88. The summed E-state index contributed by atoms with van der Waals surface area (Å²) in [6.07, 6.45) is 8.15. The molecule has 1 heterocycles. The largest absolute Gasteiger partial charge is 0.492 e. The highest BCUT2D eigenvalue weighted by Crippen LogP contribution is 2.11. The third-order valence-corrected chi connectivity index (χ3v) is 1.85. The fourth-order valence-corrected chi connectivity index (χ4v) is 1.28. The molecule has 1 rings (SSSR count). The number of hydrogen-bond donors (Lipinski definition) is 1. The van der Waals surface area contributed by atoms with Crippen molar-refractivity contribution in [2.24, 2.45) is 0 Å². The maximum Gasteiger partial charge on any atom is 0.123 e. The third kappa shape index (κ3) is 5.43. The van der Waals surface area contributed by atoms with E-state index >= 15 is 0 Å². The van der Waals surface area contributed by atoms with Gasteiger partial charge in [-0.25, -0.2) is 0 Å². The molecule has 0 unspecified atom stereocenters. The third-order valence-electron chi connectivity index (χ3n) is 1.85. The maximum absolute atomic E-state index is 5.59. The van der Waals surface area contributed by atoms with E-state index in [2.05, 4.69) is 11.4 Å². The summed E-state index contributed by atoms with van der Waals surface area (Å²) in [6.45, 7) is 10.6. The molecule has 0 aromatic rings. The Morgan fingerprint density at radius 1 is 1.13 bits per heavy atom. The molecule has 2 heteroatoms. The van der Waals surface area contributed by atoms with Gasteiger partial charge in [-0.2, -0.15) is 0 Å². The second-order valence-corrected chi connectivity index (χ2v) is 2.91. The first-order chi connectivity index (χ1) is 7.38. The fourth-order valence-electron chi connectivity index (χ4n) is 1.28. The van der Waals surface area contributed by atoms with E-state index in [1.54, 1.807) is 0 Å². The molecule has 0 fully saturated rings. The minimum Gasteiger partial charge on any atom is -0.492 e. The molecule has 1 aliphatic rings. The van der Waals surface area contributed by atoms with Gasteiger partial charge in [0.1, 0.15) is 12.4 Å². The van der Waals surface area contributed by atoms with Gasteiger partial charge in [0, 0.05) is 18.7 Å². The van der Waals surface area contributed by atoms with Crippen LogP contribution in [0.15, 0.2) is 35.6 Å². The Morgan fingerprint density at radius 3 is 2.40 bits per heavy atom. The lowest BCUT2D eigenvalue weighted by Gasteiger charge is -2.05. The number of rotatable bonds is 2. The van der Waals surface area contributed by atoms with Gasteiger partial charge in [-0.3, -0.25) is 0 Å². The molecule has 0 bridgehead atoms. The van der Waals surface area contributed by atoms with Gasteiger partial charge < -0.3 is 10.1 Å². The van der Waals surface area contributed by atoms with Crippen molar-refractivity contribution in [3.8, 4) is 0 Å². The molecule has 0 aliphatic carbocycles. The number of hydrogen-bond acceptors (Lipinski definition) is 2. The summed E-state index contributed by atoms with van der Waals surface area (Å²) in [5, 5.41) is 3.30. The molecule has 0 saturated heterocycles. The van der Waals surface area contributed by atoms with Crippen molar-refractivity contribution in [1.29, 1.82) is 0 Å². The smallest absolute Gasteiger partial charge is 0.123 e. The van der Waals surface area contributed by atoms with Gasteiger partial charge in [-0.15, -0.1) is 0 Å². The van der Waals surface area contributed by atoms with E-state index in [9.17, 15) is 0 Å². The first-order valence-corrected chi connectivity index (χ1v) is 5.70. The summed E-state index contributed by atoms with van der Waals surface area (Å²) < 4.78 is 5.59. The number of allylic oxidation sites excluding steroid dienone is 3. The Balaban J connectivity index is 0.000000921. The predicted molar refractivity (Wildman–Crippen MR) is 66.8 cm³/mol. The molecule has 0 aromatic carbocycles. The van der Waals surface area contributed by atoms with Crippen LogP contribution in [0.5, 0.6) is 0 Å². The van der Waals surface area contributed by atoms with E-state index in [4.69, 9.17) is 4.74 Å². The quantitative estimate of drug-likeness (QED) is 0.754. The van der Waals surface area contributed by atoms with Crippen molar-refractivity contribution in [2.75, 3.05) is 19.7 Å². The molecule has 1 N–H and O–H groups in total. The second-order valence-electron chi connectivity index (χ2n) is 2.91. The SMILES string of the molecule is C/C=C\C1=C(/C=C\C)OCCNC1.CC. The van der Waals surface area contributed by atoms with Crippen LogP contribution in [0.2, 0.25) is 0 Å². The van der Waals surface area contributed by atoms with Crippen molar-refractivity contribution < 1.29 is 4.74 Å². The van der Waals surface area contributed by atoms with Crippen molar-refractivity contribution in [2.45, 2.75) is 27.7 Å². The van der Waals surface area contributed by atoms with Crippen molar-refractivity contribution >= 4 is 0 Å². The summed E-state index contributed by atoms with van der Waals surface area (Å²) in [7, 11) is 0. The zero-order chi connectivity index (χ0) is 11.5. The van der Waals surface area contributed by atoms with E-state index in [0.29, 0.717) is 0 Å². The van der Waals surface area contributed by atoms with Crippen molar-refractivity contribution in [3.63, 3.8) is 0 Å². The first kappa shape index (κ1) is 14.0. The molecule has 0 radical (unpaired) electrons. The molecule has 86 valence electrons. The van der Waals surface area contributed by atoms with Crippen LogP contribution in [0.1, 0.15) is 27.7 Å². The van der Waals surface area contributed by atoms with Gasteiger partial charge >= 0.3 is 0 Å². The Bertz CT molecular complexity index is 215. The molecule has 1 aliphatic heterocycles. The van der Waals surface area contributed by atoms with E-state index in [0.717, 1.165) is 25.5 Å². The van der Waals surface area contributed by atoms with Crippen LogP contribution in [0.4, 0.5) is 0 Å². The lowest BCUT2D eigenvalue weighted by Crippen LogP contribution is -2.17. The Morgan fingerprint density at radius 2 is 1.80 bits per heavy atom. The second kappa shape index (κ2) is 9.53. The zero-order valence-electron chi connectivity index (χ0n) is 10.3. The normalized spacial score (nSPS) is 17.3. The molecule has 2 nitrogen and oxygen atoms in total. The average molecular weight is 209 g/mol. The van der Waals surface area contributed by atoms with Gasteiger partial charge in [0.2, 0.25) is 0 Å². The average Bonchev–Trinajstić information content (AvgIpc) is 2.49. The summed E-state index contributed by atoms with van der Waals surface area (Å²) in [5.74, 6) is 0.991. The fraction of sp³-hybridized carbons (Fsp3) is 0.538. The Labute approximate surface area is 93.7 Å². The molecule has 0 aromatic heterocycles. The highest BCUT2D eigenvalue weighted by atomic mass is 16.5. The summed E-state index contributed by atoms with van der Waals surface area (Å²) in [5.41, 5.74) is 1.22. The van der Waals surface area contributed by atoms with E-state index in [-0.39, 0.29) is 0 Å². The van der Waals surface area contributed by atoms with E-state index < -0.39 is 0 Å². The summed E-state index contributed by atoms with van der Waals surface area (Å²) in [6, 6.07) is 0. The Hall–Kier alpha value is -1.02. The van der Waals surface area contributed by atoms with Crippen LogP contribution < -0.4 is 5.32 Å². The summed E-state index contributed by atoms with van der Waals surface area (Å²) >= 11 is 0. The number of ether oxygens (including phenoxy) is 1. The molecular formula is C13H23NO. The minimum absolute atomic E-state index is 0.751. The zero-order valence-corrected chi connectivity index (χ0v) is 10.3. The lowest BCUT2D eigenvalue weighted by atomic mass is 10.2. The van der Waals surface area contributed by atoms with Crippen molar-refractivity contribution in [3.05, 3.63) is 35.6 Å². The lowest BCUT2D eigenvalue weighted by molar-refractivity contribution is 0.232. The molecule has 0 atom stereocenters. The maximum atomic E-state index is 5.59. The number of nitrogens with one attached hydrogen (secondary N) is 1. The van der Waals surface area contributed by atoms with Crippen LogP contribution >= 0.6 is 0 Å². The van der Waals surface area contributed by atoms with Gasteiger partial charge in [-0.05, 0) is 19.9 Å². The monoisotopic (exact) mass is 209 g/mol. The van der Waals surface area contributed by atoms with Gasteiger partial charge in [0.15, 0.2) is 0 Å². The van der Waals surface area contributed by atoms with Crippen LogP contribution in [0.3, 0.4) is 0 Å². The predicted octanol–water partition coefficient (Wildman–Crippen LogP) is 3.04. The summed E-state index contributed by atoms with van der Waals surface area (Å²) in [4.78, 5) is 0. The van der Waals surface area contributed by atoms with E-state index in [1.807, 2.05) is 45.9 Å². The molecule has 15 heavy (non-hydrogen) atoms. The molecule has 0 spiro atoms. The van der Waals surface area contributed by atoms with Gasteiger partial charge in [0.25, 0.3) is 0 Å². The standard InChI is InChI=1S/C11H17NO.C2H6/c1-3-5-10-9-12-7-8-13-11(10)6-4-2;1-2/h3-6,12H,7-9H2,1-2H3;1-2H3/b5-3-,6-4-;.